The highest BCUT2D eigenvalue weighted by Gasteiger charge is 2.27. The molecule has 10 heavy (non-hydrogen) atoms. The Morgan fingerprint density at radius 3 is 2.30 bits per heavy atom. The lowest BCUT2D eigenvalue weighted by Crippen LogP contribution is -2.40. The van der Waals surface area contributed by atoms with Crippen LogP contribution in [0.1, 0.15) is 6.92 Å². The van der Waals surface area contributed by atoms with Crippen LogP contribution in [0, 0.1) is 0 Å². The molecule has 0 radical (unpaired) electrons. The number of phosphoric ester groups is 1. The minimum absolute atomic E-state index is 0.0398. The van der Waals surface area contributed by atoms with Crippen LogP contribution in [-0.4, -0.2) is 21.3 Å². The van der Waals surface area contributed by atoms with Gasteiger partial charge in [-0.3, -0.25) is 4.52 Å². The SMILES string of the molecule is CC(N)(CS)OP(=O)(O)O. The van der Waals surface area contributed by atoms with E-state index in [0.29, 0.717) is 0 Å². The van der Waals surface area contributed by atoms with Crippen molar-refractivity contribution in [1.82, 2.24) is 0 Å². The third-order valence-electron chi connectivity index (χ3n) is 0.641. The molecule has 0 saturated heterocycles. The Bertz CT molecular complexity index is 155. The van der Waals surface area contributed by atoms with Gasteiger partial charge in [0, 0.05) is 5.75 Å². The first-order valence-electron chi connectivity index (χ1n) is 2.43. The maximum absolute atomic E-state index is 10.2. The lowest BCUT2D eigenvalue weighted by atomic mass is 10.3. The molecule has 0 spiro atoms. The smallest absolute Gasteiger partial charge is 0.303 e. The van der Waals surface area contributed by atoms with Gasteiger partial charge in [-0.25, -0.2) is 4.57 Å². The van der Waals surface area contributed by atoms with E-state index in [2.05, 4.69) is 17.2 Å². The number of hydrogen-bond donors (Lipinski definition) is 4. The molecule has 0 aliphatic carbocycles. The van der Waals surface area contributed by atoms with Crippen LogP contribution in [0.3, 0.4) is 0 Å². The third-order valence-corrected chi connectivity index (χ3v) is 1.92. The highest BCUT2D eigenvalue weighted by molar-refractivity contribution is 7.80. The second-order valence-electron chi connectivity index (χ2n) is 2.05. The van der Waals surface area contributed by atoms with Crippen molar-refractivity contribution in [2.24, 2.45) is 5.73 Å². The molecular weight excluding hydrogens is 177 g/mol. The summed E-state index contributed by atoms with van der Waals surface area (Å²) in [5.41, 5.74) is 3.84. The van der Waals surface area contributed by atoms with Crippen LogP contribution < -0.4 is 5.73 Å². The Morgan fingerprint density at radius 2 is 2.20 bits per heavy atom. The summed E-state index contributed by atoms with van der Waals surface area (Å²) >= 11 is 3.72. The fraction of sp³-hybridized carbons (Fsp3) is 1.00. The van der Waals surface area contributed by atoms with Crippen molar-refractivity contribution in [2.45, 2.75) is 12.6 Å². The molecule has 0 bridgehead atoms. The van der Waals surface area contributed by atoms with Gasteiger partial charge in [0.25, 0.3) is 0 Å². The molecule has 0 aromatic rings. The van der Waals surface area contributed by atoms with Gasteiger partial charge in [0.2, 0.25) is 0 Å². The van der Waals surface area contributed by atoms with E-state index < -0.39 is 13.5 Å². The van der Waals surface area contributed by atoms with Gasteiger partial charge in [-0.1, -0.05) is 0 Å². The molecular formula is C3H10NO4PS. The van der Waals surface area contributed by atoms with E-state index in [4.69, 9.17) is 15.5 Å². The summed E-state index contributed by atoms with van der Waals surface area (Å²) in [6.07, 6.45) is 0. The number of rotatable bonds is 3. The minimum atomic E-state index is -4.48. The summed E-state index contributed by atoms with van der Waals surface area (Å²) in [4.78, 5) is 16.5. The van der Waals surface area contributed by atoms with Crippen LogP contribution in [0.5, 0.6) is 0 Å². The van der Waals surface area contributed by atoms with Crippen molar-refractivity contribution in [3.63, 3.8) is 0 Å². The van der Waals surface area contributed by atoms with Crippen LogP contribution in [0.2, 0.25) is 0 Å². The number of phosphoric acid groups is 1. The number of thiol groups is 1. The molecule has 5 nitrogen and oxygen atoms in total. The topological polar surface area (TPSA) is 92.8 Å². The van der Waals surface area contributed by atoms with E-state index in [1.54, 1.807) is 0 Å². The Kier molecular flexibility index (Phi) is 3.35. The maximum atomic E-state index is 10.2. The van der Waals surface area contributed by atoms with Crippen molar-refractivity contribution in [2.75, 3.05) is 5.75 Å². The highest BCUT2D eigenvalue weighted by Crippen LogP contribution is 2.39. The summed E-state index contributed by atoms with van der Waals surface area (Å²) in [5.74, 6) is 0.0398. The molecule has 1 atom stereocenters. The summed E-state index contributed by atoms with van der Waals surface area (Å²) < 4.78 is 14.3. The molecule has 62 valence electrons. The largest absolute Gasteiger partial charge is 0.471 e. The quantitative estimate of drug-likeness (QED) is 0.276. The summed E-state index contributed by atoms with van der Waals surface area (Å²) in [5, 5.41) is 0. The second-order valence-corrected chi connectivity index (χ2v) is 3.53. The van der Waals surface area contributed by atoms with E-state index >= 15 is 0 Å². The van der Waals surface area contributed by atoms with Crippen LogP contribution in [0.15, 0.2) is 0 Å². The van der Waals surface area contributed by atoms with Crippen molar-refractivity contribution >= 4 is 20.5 Å². The summed E-state index contributed by atoms with van der Waals surface area (Å²) in [7, 11) is -4.48. The number of hydrogen-bond acceptors (Lipinski definition) is 4. The fourth-order valence-corrected chi connectivity index (χ4v) is 1.07. The standard InChI is InChI=1S/C3H10NO4PS/c1-3(4,2-10)8-9(5,6)7/h10H,2,4H2,1H3,(H2,5,6,7). The Morgan fingerprint density at radius 1 is 1.80 bits per heavy atom. The Labute approximate surface area is 64.2 Å². The molecule has 0 fully saturated rings. The Hall–Kier alpha value is 0.420. The lowest BCUT2D eigenvalue weighted by molar-refractivity contribution is 0.0751. The molecule has 0 aromatic heterocycles. The third kappa shape index (κ3) is 5.22. The van der Waals surface area contributed by atoms with Gasteiger partial charge in [0.1, 0.15) is 5.72 Å². The molecule has 0 aromatic carbocycles. The van der Waals surface area contributed by atoms with Crippen LogP contribution in [-0.2, 0) is 9.09 Å². The maximum Gasteiger partial charge on any atom is 0.471 e. The summed E-state index contributed by atoms with van der Waals surface area (Å²) in [6.45, 7) is 1.33. The highest BCUT2D eigenvalue weighted by atomic mass is 32.1. The molecule has 0 aliphatic heterocycles. The summed E-state index contributed by atoms with van der Waals surface area (Å²) in [6, 6.07) is 0. The molecule has 0 saturated carbocycles. The molecule has 0 heterocycles. The molecule has 0 amide bonds. The molecule has 0 aliphatic rings. The second kappa shape index (κ2) is 3.21. The normalized spacial score (nSPS) is 18.5. The van der Waals surface area contributed by atoms with E-state index in [0.717, 1.165) is 0 Å². The van der Waals surface area contributed by atoms with Crippen molar-refractivity contribution in [1.29, 1.82) is 0 Å². The van der Waals surface area contributed by atoms with Gasteiger partial charge in [-0.2, -0.15) is 12.6 Å². The van der Waals surface area contributed by atoms with Crippen molar-refractivity contribution in [3.05, 3.63) is 0 Å². The molecule has 0 rings (SSSR count). The first-order valence-corrected chi connectivity index (χ1v) is 4.59. The first-order chi connectivity index (χ1) is 4.27. The van der Waals surface area contributed by atoms with Crippen LogP contribution in [0.4, 0.5) is 0 Å². The van der Waals surface area contributed by atoms with Gasteiger partial charge in [0.05, 0.1) is 0 Å². The van der Waals surface area contributed by atoms with Crippen LogP contribution >= 0.6 is 20.5 Å². The first kappa shape index (κ1) is 10.4. The Balaban J connectivity index is 4.02. The zero-order chi connectivity index (χ0) is 8.41. The van der Waals surface area contributed by atoms with Gasteiger partial charge in [-0.15, -0.1) is 0 Å². The fourth-order valence-electron chi connectivity index (χ4n) is 0.301. The minimum Gasteiger partial charge on any atom is -0.303 e. The molecule has 1 unspecified atom stereocenters. The van der Waals surface area contributed by atoms with Gasteiger partial charge in [0.15, 0.2) is 0 Å². The molecule has 7 heteroatoms. The zero-order valence-electron chi connectivity index (χ0n) is 5.39. The van der Waals surface area contributed by atoms with Gasteiger partial charge < -0.3 is 15.5 Å². The van der Waals surface area contributed by atoms with E-state index in [9.17, 15) is 4.57 Å². The monoisotopic (exact) mass is 187 g/mol. The lowest BCUT2D eigenvalue weighted by Gasteiger charge is -2.22. The van der Waals surface area contributed by atoms with E-state index in [-0.39, 0.29) is 5.75 Å². The predicted octanol–water partition coefficient (Wildman–Crippen LogP) is -0.300. The van der Waals surface area contributed by atoms with Crippen molar-refractivity contribution in [3.8, 4) is 0 Å². The predicted molar refractivity (Wildman–Crippen MR) is 39.6 cm³/mol. The van der Waals surface area contributed by atoms with Gasteiger partial charge >= 0.3 is 7.82 Å². The van der Waals surface area contributed by atoms with E-state index in [1.807, 2.05) is 0 Å². The van der Waals surface area contributed by atoms with E-state index in [1.165, 1.54) is 6.92 Å². The average Bonchev–Trinajstić information content (AvgIpc) is 1.60. The van der Waals surface area contributed by atoms with Gasteiger partial charge in [-0.05, 0) is 6.92 Å². The molecule has 4 N–H and O–H groups in total. The number of nitrogens with two attached hydrogens (primary N) is 1. The van der Waals surface area contributed by atoms with Crippen molar-refractivity contribution < 1.29 is 18.9 Å². The zero-order valence-corrected chi connectivity index (χ0v) is 7.18. The average molecular weight is 187 g/mol. The van der Waals surface area contributed by atoms with Crippen LogP contribution in [0.25, 0.3) is 0 Å².